The van der Waals surface area contributed by atoms with Crippen LogP contribution in [-0.4, -0.2) is 48.3 Å². The van der Waals surface area contributed by atoms with Crippen molar-refractivity contribution in [3.63, 3.8) is 0 Å². The predicted molar refractivity (Wildman–Crippen MR) is 98.7 cm³/mol. The van der Waals surface area contributed by atoms with Gasteiger partial charge in [0.25, 0.3) is 5.69 Å². The number of likely N-dealkylation sites (N-methyl/N-ethyl adjacent to an activating group) is 1. The zero-order chi connectivity index (χ0) is 19.1. The van der Waals surface area contributed by atoms with E-state index in [-0.39, 0.29) is 12.3 Å². The number of rotatable bonds is 9. The van der Waals surface area contributed by atoms with Crippen LogP contribution in [0.1, 0.15) is 11.1 Å². The average molecular weight is 360 g/mol. The third-order valence-electron chi connectivity index (χ3n) is 3.90. The van der Waals surface area contributed by atoms with Crippen molar-refractivity contribution in [3.05, 3.63) is 63.7 Å². The standard InChI is InChI=1S/C19H24N2O5/c1-14-9-15(7-8-19(14)25-3)11-20(2)12-17(22)13-26-18-6-4-5-16(10-18)21(23)24/h4-10,17,22H,11-13H2,1-3H3. The van der Waals surface area contributed by atoms with Gasteiger partial charge >= 0.3 is 0 Å². The van der Waals surface area contributed by atoms with Gasteiger partial charge in [-0.3, -0.25) is 15.0 Å². The highest BCUT2D eigenvalue weighted by atomic mass is 16.6. The molecule has 0 saturated heterocycles. The fourth-order valence-corrected chi connectivity index (χ4v) is 2.71. The summed E-state index contributed by atoms with van der Waals surface area (Å²) in [7, 11) is 3.56. The van der Waals surface area contributed by atoms with E-state index in [1.54, 1.807) is 19.2 Å². The second kappa shape index (κ2) is 9.17. The summed E-state index contributed by atoms with van der Waals surface area (Å²) in [6.07, 6.45) is -0.710. The highest BCUT2D eigenvalue weighted by molar-refractivity contribution is 5.38. The molecule has 0 heterocycles. The molecule has 0 aliphatic heterocycles. The van der Waals surface area contributed by atoms with Gasteiger partial charge in [-0.2, -0.15) is 0 Å². The quantitative estimate of drug-likeness (QED) is 0.547. The van der Waals surface area contributed by atoms with E-state index >= 15 is 0 Å². The topological polar surface area (TPSA) is 85.1 Å². The molecule has 0 fully saturated rings. The first-order valence-corrected chi connectivity index (χ1v) is 8.26. The maximum absolute atomic E-state index is 10.8. The van der Waals surface area contributed by atoms with Crippen molar-refractivity contribution in [3.8, 4) is 11.5 Å². The second-order valence-electron chi connectivity index (χ2n) is 6.22. The first kappa shape index (κ1) is 19.7. The predicted octanol–water partition coefficient (Wildman–Crippen LogP) is 2.78. The maximum atomic E-state index is 10.8. The monoisotopic (exact) mass is 360 g/mol. The van der Waals surface area contributed by atoms with E-state index < -0.39 is 11.0 Å². The molecule has 140 valence electrons. The van der Waals surface area contributed by atoms with E-state index in [0.29, 0.717) is 18.8 Å². The van der Waals surface area contributed by atoms with Crippen molar-refractivity contribution in [1.82, 2.24) is 4.90 Å². The lowest BCUT2D eigenvalue weighted by molar-refractivity contribution is -0.384. The number of aliphatic hydroxyl groups is 1. The normalized spacial score (nSPS) is 12.0. The number of hydrogen-bond acceptors (Lipinski definition) is 6. The van der Waals surface area contributed by atoms with Crippen LogP contribution in [0.3, 0.4) is 0 Å². The maximum Gasteiger partial charge on any atom is 0.273 e. The second-order valence-corrected chi connectivity index (χ2v) is 6.22. The first-order chi connectivity index (χ1) is 12.4. The fourth-order valence-electron chi connectivity index (χ4n) is 2.71. The Morgan fingerprint density at radius 3 is 2.69 bits per heavy atom. The summed E-state index contributed by atoms with van der Waals surface area (Å²) in [6.45, 7) is 3.15. The number of nitro benzene ring substituents is 1. The van der Waals surface area contributed by atoms with Gasteiger partial charge in [-0.15, -0.1) is 0 Å². The Balaban J connectivity index is 1.83. The van der Waals surface area contributed by atoms with Crippen molar-refractivity contribution in [1.29, 1.82) is 0 Å². The largest absolute Gasteiger partial charge is 0.496 e. The van der Waals surface area contributed by atoms with Gasteiger partial charge in [0.1, 0.15) is 24.2 Å². The highest BCUT2D eigenvalue weighted by Gasteiger charge is 2.12. The molecular weight excluding hydrogens is 336 g/mol. The highest BCUT2D eigenvalue weighted by Crippen LogP contribution is 2.20. The van der Waals surface area contributed by atoms with Crippen LogP contribution in [0.5, 0.6) is 11.5 Å². The summed E-state index contributed by atoms with van der Waals surface area (Å²) in [4.78, 5) is 12.3. The summed E-state index contributed by atoms with van der Waals surface area (Å²) in [6, 6.07) is 11.9. The van der Waals surface area contributed by atoms with Crippen LogP contribution in [0.15, 0.2) is 42.5 Å². The Morgan fingerprint density at radius 2 is 2.04 bits per heavy atom. The molecule has 1 unspecified atom stereocenters. The van der Waals surface area contributed by atoms with Gasteiger partial charge in [-0.05, 0) is 37.2 Å². The SMILES string of the molecule is COc1ccc(CN(C)CC(O)COc2cccc([N+](=O)[O-])c2)cc1C. The van der Waals surface area contributed by atoms with E-state index in [1.165, 1.54) is 12.1 Å². The molecular formula is C19H24N2O5. The third kappa shape index (κ3) is 5.72. The molecule has 1 N–H and O–H groups in total. The molecule has 2 aromatic carbocycles. The summed E-state index contributed by atoms with van der Waals surface area (Å²) in [5.41, 5.74) is 2.15. The Morgan fingerprint density at radius 1 is 1.27 bits per heavy atom. The number of nitrogens with zero attached hydrogens (tertiary/aromatic N) is 2. The van der Waals surface area contributed by atoms with E-state index in [2.05, 4.69) is 6.07 Å². The molecule has 0 saturated carbocycles. The molecule has 0 spiro atoms. The summed E-state index contributed by atoms with van der Waals surface area (Å²) < 4.78 is 10.7. The van der Waals surface area contributed by atoms with Crippen LogP contribution in [0.25, 0.3) is 0 Å². The lowest BCUT2D eigenvalue weighted by Gasteiger charge is -2.21. The first-order valence-electron chi connectivity index (χ1n) is 8.26. The Hall–Kier alpha value is -2.64. The summed E-state index contributed by atoms with van der Waals surface area (Å²) in [5, 5.41) is 20.9. The number of methoxy groups -OCH3 is 1. The van der Waals surface area contributed by atoms with Crippen LogP contribution in [0.4, 0.5) is 5.69 Å². The molecule has 7 nitrogen and oxygen atoms in total. The zero-order valence-electron chi connectivity index (χ0n) is 15.2. The minimum atomic E-state index is -0.710. The van der Waals surface area contributed by atoms with E-state index in [1.807, 2.05) is 31.0 Å². The number of benzene rings is 2. The van der Waals surface area contributed by atoms with Crippen molar-refractivity contribution >= 4 is 5.69 Å². The molecule has 1 atom stereocenters. The van der Waals surface area contributed by atoms with E-state index in [4.69, 9.17) is 9.47 Å². The van der Waals surface area contributed by atoms with Gasteiger partial charge in [0.05, 0.1) is 18.1 Å². The van der Waals surface area contributed by atoms with Crippen molar-refractivity contribution in [2.45, 2.75) is 19.6 Å². The summed E-state index contributed by atoms with van der Waals surface area (Å²) in [5.74, 6) is 1.22. The van der Waals surface area contributed by atoms with Crippen molar-refractivity contribution < 1.29 is 19.5 Å². The van der Waals surface area contributed by atoms with Gasteiger partial charge in [0.15, 0.2) is 0 Å². The Bertz CT molecular complexity index is 750. The molecule has 0 bridgehead atoms. The Kier molecular flexibility index (Phi) is 6.94. The van der Waals surface area contributed by atoms with Crippen LogP contribution in [-0.2, 0) is 6.54 Å². The average Bonchev–Trinajstić information content (AvgIpc) is 2.60. The molecule has 0 aliphatic carbocycles. The molecule has 0 amide bonds. The Labute approximate surface area is 152 Å². The van der Waals surface area contributed by atoms with Crippen LogP contribution >= 0.6 is 0 Å². The molecule has 7 heteroatoms. The number of nitro groups is 1. The van der Waals surface area contributed by atoms with Gasteiger partial charge in [-0.1, -0.05) is 18.2 Å². The molecule has 0 radical (unpaired) electrons. The number of ether oxygens (including phenoxy) is 2. The fraction of sp³-hybridized carbons (Fsp3) is 0.368. The smallest absolute Gasteiger partial charge is 0.273 e. The summed E-state index contributed by atoms with van der Waals surface area (Å²) >= 11 is 0. The van der Waals surface area contributed by atoms with Gasteiger partial charge in [0.2, 0.25) is 0 Å². The lowest BCUT2D eigenvalue weighted by atomic mass is 10.1. The minimum absolute atomic E-state index is 0.0380. The van der Waals surface area contributed by atoms with Crippen LogP contribution in [0, 0.1) is 17.0 Å². The van der Waals surface area contributed by atoms with E-state index in [0.717, 1.165) is 16.9 Å². The minimum Gasteiger partial charge on any atom is -0.496 e. The van der Waals surface area contributed by atoms with E-state index in [9.17, 15) is 15.2 Å². The number of aryl methyl sites for hydroxylation is 1. The molecule has 2 aromatic rings. The van der Waals surface area contributed by atoms with Crippen LogP contribution < -0.4 is 9.47 Å². The molecule has 26 heavy (non-hydrogen) atoms. The van der Waals surface area contributed by atoms with Gasteiger partial charge < -0.3 is 14.6 Å². The van der Waals surface area contributed by atoms with Gasteiger partial charge in [0, 0.05) is 19.2 Å². The third-order valence-corrected chi connectivity index (χ3v) is 3.90. The number of non-ortho nitro benzene ring substituents is 1. The molecule has 2 rings (SSSR count). The molecule has 0 aromatic heterocycles. The lowest BCUT2D eigenvalue weighted by Crippen LogP contribution is -2.32. The van der Waals surface area contributed by atoms with Crippen molar-refractivity contribution in [2.75, 3.05) is 27.3 Å². The zero-order valence-corrected chi connectivity index (χ0v) is 15.2. The van der Waals surface area contributed by atoms with Gasteiger partial charge in [-0.25, -0.2) is 0 Å². The number of aliphatic hydroxyl groups excluding tert-OH is 1. The molecule has 0 aliphatic rings. The van der Waals surface area contributed by atoms with Crippen LogP contribution in [0.2, 0.25) is 0 Å². The van der Waals surface area contributed by atoms with Crippen molar-refractivity contribution in [2.24, 2.45) is 0 Å². The number of hydrogen-bond donors (Lipinski definition) is 1.